The van der Waals surface area contributed by atoms with Gasteiger partial charge in [0.05, 0.1) is 5.39 Å². The van der Waals surface area contributed by atoms with Gasteiger partial charge in [-0.15, -0.1) is 11.3 Å². The van der Waals surface area contributed by atoms with E-state index in [-0.39, 0.29) is 5.75 Å². The van der Waals surface area contributed by atoms with Crippen molar-refractivity contribution < 1.29 is 9.50 Å². The van der Waals surface area contributed by atoms with Crippen molar-refractivity contribution in [3.05, 3.63) is 23.2 Å². The van der Waals surface area contributed by atoms with Crippen molar-refractivity contribution in [3.63, 3.8) is 0 Å². The van der Waals surface area contributed by atoms with E-state index in [4.69, 9.17) is 0 Å². The summed E-state index contributed by atoms with van der Waals surface area (Å²) in [6.45, 7) is 0.0446. The fourth-order valence-corrected chi connectivity index (χ4v) is 2.45. The van der Waals surface area contributed by atoms with E-state index in [1.54, 1.807) is 12.3 Å². The molecule has 2 N–H and O–H groups in total. The summed E-state index contributed by atoms with van der Waals surface area (Å²) in [6.07, 6.45) is 2.28. The molecular weight excluding hydrogens is 215 g/mol. The molecule has 0 atom stereocenters. The van der Waals surface area contributed by atoms with Crippen molar-refractivity contribution in [2.45, 2.75) is 6.42 Å². The van der Waals surface area contributed by atoms with E-state index in [1.165, 1.54) is 11.3 Å². The van der Waals surface area contributed by atoms with E-state index in [2.05, 4.69) is 10.3 Å². The lowest BCUT2D eigenvalue weighted by Gasteiger charge is -2.00. The maximum Gasteiger partial charge on any atom is 0.140 e. The van der Waals surface area contributed by atoms with E-state index in [1.807, 2.05) is 5.38 Å². The topological polar surface area (TPSA) is 45.2 Å². The molecule has 0 aliphatic carbocycles. The van der Waals surface area contributed by atoms with Gasteiger partial charge in [-0.25, -0.2) is 9.37 Å². The van der Waals surface area contributed by atoms with Gasteiger partial charge < -0.3 is 5.11 Å². The zero-order chi connectivity index (χ0) is 10.7. The number of fused-ring (bicyclic) bond motifs is 1. The molecule has 0 radical (unpaired) electrons. The Hall–Kier alpha value is -1.20. The number of hydrogen-bond acceptors (Lipinski definition) is 4. The summed E-state index contributed by atoms with van der Waals surface area (Å²) >= 11 is 1.49. The smallest absolute Gasteiger partial charge is 0.140 e. The normalized spacial score (nSPS) is 11.0. The van der Waals surface area contributed by atoms with Gasteiger partial charge in [-0.3, -0.25) is 5.32 Å². The highest BCUT2D eigenvalue weighted by Crippen LogP contribution is 2.31. The standard InChI is InChI=1S/C10H11FN2OS/c11-6-12-3-1-7-5-15-10-9(7)8(14)2-4-13-10/h2,4-5,12H,1,3,6H2,(H,13,14). The fraction of sp³-hybridized carbons (Fsp3) is 0.300. The van der Waals surface area contributed by atoms with Crippen LogP contribution in [0.4, 0.5) is 4.39 Å². The maximum absolute atomic E-state index is 11.8. The quantitative estimate of drug-likeness (QED) is 0.619. The summed E-state index contributed by atoms with van der Waals surface area (Å²) in [4.78, 5) is 4.98. The van der Waals surface area contributed by atoms with Crippen LogP contribution in [0, 0.1) is 0 Å². The van der Waals surface area contributed by atoms with Crippen molar-refractivity contribution in [2.75, 3.05) is 13.3 Å². The molecule has 0 saturated carbocycles. The highest BCUT2D eigenvalue weighted by atomic mass is 32.1. The molecule has 2 rings (SSSR count). The lowest BCUT2D eigenvalue weighted by molar-refractivity contribution is 0.428. The summed E-state index contributed by atoms with van der Waals surface area (Å²) in [5.41, 5.74) is 1.02. The van der Waals surface area contributed by atoms with E-state index in [0.717, 1.165) is 15.8 Å². The number of aromatic hydroxyl groups is 1. The van der Waals surface area contributed by atoms with Gasteiger partial charge in [-0.2, -0.15) is 0 Å². The predicted octanol–water partition coefficient (Wildman–Crippen LogP) is 2.06. The second kappa shape index (κ2) is 4.55. The van der Waals surface area contributed by atoms with Crippen LogP contribution in [-0.2, 0) is 6.42 Å². The molecule has 0 aromatic carbocycles. The molecule has 80 valence electrons. The Morgan fingerprint density at radius 2 is 2.40 bits per heavy atom. The Kier molecular flexibility index (Phi) is 3.13. The molecule has 0 aliphatic heterocycles. The third kappa shape index (κ3) is 2.08. The first-order valence-corrected chi connectivity index (χ1v) is 5.51. The third-order valence-electron chi connectivity index (χ3n) is 2.19. The first kappa shape index (κ1) is 10.3. The Morgan fingerprint density at radius 1 is 1.53 bits per heavy atom. The highest BCUT2D eigenvalue weighted by Gasteiger charge is 2.08. The van der Waals surface area contributed by atoms with Crippen molar-refractivity contribution >= 4 is 21.6 Å². The lowest BCUT2D eigenvalue weighted by atomic mass is 10.1. The van der Waals surface area contributed by atoms with Gasteiger partial charge in [0, 0.05) is 12.7 Å². The molecule has 5 heteroatoms. The van der Waals surface area contributed by atoms with E-state index in [0.29, 0.717) is 13.0 Å². The van der Waals surface area contributed by atoms with Crippen LogP contribution in [0.2, 0.25) is 0 Å². The number of rotatable bonds is 4. The first-order chi connectivity index (χ1) is 7.33. The number of nitrogens with zero attached hydrogens (tertiary/aromatic N) is 1. The van der Waals surface area contributed by atoms with Gasteiger partial charge in [0.15, 0.2) is 0 Å². The largest absolute Gasteiger partial charge is 0.507 e. The van der Waals surface area contributed by atoms with Crippen LogP contribution in [0.3, 0.4) is 0 Å². The molecule has 2 heterocycles. The van der Waals surface area contributed by atoms with E-state index in [9.17, 15) is 9.50 Å². The fourth-order valence-electron chi connectivity index (χ4n) is 1.48. The summed E-state index contributed by atoms with van der Waals surface area (Å²) in [5.74, 6) is 0.247. The molecule has 0 unspecified atom stereocenters. The van der Waals surface area contributed by atoms with Crippen LogP contribution < -0.4 is 5.32 Å². The molecular formula is C10H11FN2OS. The molecule has 2 aromatic heterocycles. The van der Waals surface area contributed by atoms with Gasteiger partial charge in [-0.1, -0.05) is 0 Å². The van der Waals surface area contributed by atoms with Crippen LogP contribution >= 0.6 is 11.3 Å². The van der Waals surface area contributed by atoms with E-state index < -0.39 is 6.80 Å². The molecule has 0 saturated heterocycles. The second-order valence-corrected chi connectivity index (χ2v) is 4.01. The maximum atomic E-state index is 11.8. The van der Waals surface area contributed by atoms with Crippen LogP contribution in [0.15, 0.2) is 17.6 Å². The number of aromatic nitrogens is 1. The first-order valence-electron chi connectivity index (χ1n) is 4.63. The number of hydrogen-bond donors (Lipinski definition) is 2. The van der Waals surface area contributed by atoms with E-state index >= 15 is 0 Å². The number of alkyl halides is 1. The zero-order valence-corrected chi connectivity index (χ0v) is 8.85. The van der Waals surface area contributed by atoms with Gasteiger partial charge in [0.2, 0.25) is 0 Å². The molecule has 0 aliphatic rings. The van der Waals surface area contributed by atoms with Crippen LogP contribution in [0.5, 0.6) is 5.75 Å². The number of pyridine rings is 1. The summed E-state index contributed by atoms with van der Waals surface area (Å²) in [6, 6.07) is 1.57. The number of halogens is 1. The molecule has 3 nitrogen and oxygen atoms in total. The van der Waals surface area contributed by atoms with Gasteiger partial charge in [0.25, 0.3) is 0 Å². The van der Waals surface area contributed by atoms with Gasteiger partial charge in [-0.05, 0) is 23.4 Å². The minimum absolute atomic E-state index is 0.247. The predicted molar refractivity (Wildman–Crippen MR) is 59.0 cm³/mol. The number of nitrogens with one attached hydrogen (secondary N) is 1. The minimum atomic E-state index is -0.522. The molecule has 0 amide bonds. The van der Waals surface area contributed by atoms with Crippen molar-refractivity contribution in [3.8, 4) is 5.75 Å². The third-order valence-corrected chi connectivity index (χ3v) is 3.13. The van der Waals surface area contributed by atoms with Crippen LogP contribution in [0.1, 0.15) is 5.56 Å². The average molecular weight is 226 g/mol. The summed E-state index contributed by atoms with van der Waals surface area (Å²) in [7, 11) is 0. The summed E-state index contributed by atoms with van der Waals surface area (Å²) < 4.78 is 11.8. The summed E-state index contributed by atoms with van der Waals surface area (Å²) in [5, 5.41) is 15.0. The Bertz CT molecular complexity index is 458. The van der Waals surface area contributed by atoms with Gasteiger partial charge in [0.1, 0.15) is 17.4 Å². The zero-order valence-electron chi connectivity index (χ0n) is 8.03. The molecule has 0 fully saturated rings. The number of thiophene rings is 1. The monoisotopic (exact) mass is 226 g/mol. The minimum Gasteiger partial charge on any atom is -0.507 e. The molecule has 15 heavy (non-hydrogen) atoms. The Labute approximate surface area is 90.6 Å². The highest BCUT2D eigenvalue weighted by molar-refractivity contribution is 7.17. The molecule has 0 bridgehead atoms. The van der Waals surface area contributed by atoms with Crippen LogP contribution in [0.25, 0.3) is 10.2 Å². The van der Waals surface area contributed by atoms with Crippen molar-refractivity contribution in [1.82, 2.24) is 10.3 Å². The van der Waals surface area contributed by atoms with Crippen molar-refractivity contribution in [2.24, 2.45) is 0 Å². The Morgan fingerprint density at radius 3 is 3.20 bits per heavy atom. The molecule has 0 spiro atoms. The molecule has 2 aromatic rings. The second-order valence-electron chi connectivity index (χ2n) is 3.15. The van der Waals surface area contributed by atoms with Gasteiger partial charge >= 0.3 is 0 Å². The SMILES string of the molecule is Oc1ccnc2scc(CCNCF)c12. The lowest BCUT2D eigenvalue weighted by Crippen LogP contribution is -2.15. The van der Waals surface area contributed by atoms with Crippen molar-refractivity contribution in [1.29, 1.82) is 0 Å². The Balaban J connectivity index is 2.27. The van der Waals surface area contributed by atoms with Crippen LogP contribution in [-0.4, -0.2) is 23.4 Å². The average Bonchev–Trinajstić information content (AvgIpc) is 2.63.